The third-order valence-electron chi connectivity index (χ3n) is 6.22. The molecule has 5 heterocycles. The Kier molecular flexibility index (Phi) is 5.52. The van der Waals surface area contributed by atoms with Crippen molar-refractivity contribution in [2.75, 3.05) is 19.8 Å². The summed E-state index contributed by atoms with van der Waals surface area (Å²) in [6.07, 6.45) is 5.37. The van der Waals surface area contributed by atoms with E-state index in [9.17, 15) is 9.59 Å². The number of amides is 1. The number of pyridine rings is 2. The molecule has 0 spiro atoms. The molecule has 2 fully saturated rings. The standard InChI is InChI=1S/C23H27N5O4/c1-14-6-7-19-26-21-18(23(30)27(19)12-14)10-17(22(29)25-11-15-4-2-8-31-15)20(24)28(21)13-16-5-3-9-32-16/h6-7,10,12,15-16,24H,2-5,8-9,11,13H2,1H3,(H,25,29)/t15-,16-/m1/s1. The molecule has 2 aliphatic heterocycles. The molecule has 9 heteroatoms. The average Bonchev–Trinajstić information content (AvgIpc) is 3.49. The van der Waals surface area contributed by atoms with Crippen molar-refractivity contribution in [2.24, 2.45) is 0 Å². The Morgan fingerprint density at radius 2 is 1.97 bits per heavy atom. The molecule has 0 radical (unpaired) electrons. The fraction of sp³-hybridized carbons (Fsp3) is 0.478. The summed E-state index contributed by atoms with van der Waals surface area (Å²) < 4.78 is 14.5. The summed E-state index contributed by atoms with van der Waals surface area (Å²) in [6.45, 7) is 4.05. The fourth-order valence-corrected chi connectivity index (χ4v) is 4.49. The topological polar surface area (TPSA) is 111 Å². The van der Waals surface area contributed by atoms with Gasteiger partial charge in [0.25, 0.3) is 11.5 Å². The van der Waals surface area contributed by atoms with Crippen molar-refractivity contribution in [2.45, 2.75) is 51.4 Å². The van der Waals surface area contributed by atoms with E-state index in [1.807, 2.05) is 13.0 Å². The van der Waals surface area contributed by atoms with Gasteiger partial charge in [0.05, 0.1) is 29.7 Å². The number of carbonyl (C=O) groups excluding carboxylic acids is 1. The highest BCUT2D eigenvalue weighted by Gasteiger charge is 2.23. The van der Waals surface area contributed by atoms with E-state index >= 15 is 0 Å². The minimum absolute atomic E-state index is 0.00758. The average molecular weight is 438 g/mol. The Balaban J connectivity index is 1.64. The van der Waals surface area contributed by atoms with Crippen LogP contribution in [0.1, 0.15) is 41.6 Å². The highest BCUT2D eigenvalue weighted by molar-refractivity contribution is 5.96. The summed E-state index contributed by atoms with van der Waals surface area (Å²) in [5.41, 5.74) is 1.75. The fourth-order valence-electron chi connectivity index (χ4n) is 4.49. The van der Waals surface area contributed by atoms with Crippen LogP contribution in [0, 0.1) is 12.3 Å². The van der Waals surface area contributed by atoms with Gasteiger partial charge in [0.1, 0.15) is 16.8 Å². The zero-order valence-corrected chi connectivity index (χ0v) is 18.1. The van der Waals surface area contributed by atoms with Crippen LogP contribution >= 0.6 is 0 Å². The van der Waals surface area contributed by atoms with E-state index in [1.54, 1.807) is 16.8 Å². The molecule has 3 aromatic rings. The number of nitrogens with zero attached hydrogens (tertiary/aromatic N) is 3. The van der Waals surface area contributed by atoms with Crippen LogP contribution in [0.3, 0.4) is 0 Å². The number of fused-ring (bicyclic) bond motifs is 2. The summed E-state index contributed by atoms with van der Waals surface area (Å²) in [7, 11) is 0. The molecule has 0 bridgehead atoms. The van der Waals surface area contributed by atoms with E-state index < -0.39 is 0 Å². The first-order valence-corrected chi connectivity index (χ1v) is 11.1. The molecule has 0 saturated carbocycles. The van der Waals surface area contributed by atoms with Crippen molar-refractivity contribution in [3.8, 4) is 0 Å². The van der Waals surface area contributed by atoms with Crippen LogP contribution < -0.4 is 16.4 Å². The molecule has 0 unspecified atom stereocenters. The van der Waals surface area contributed by atoms with Crippen LogP contribution in [0.15, 0.2) is 29.2 Å². The van der Waals surface area contributed by atoms with Gasteiger partial charge in [-0.3, -0.25) is 19.4 Å². The van der Waals surface area contributed by atoms with Crippen LogP contribution in [0.5, 0.6) is 0 Å². The Morgan fingerprint density at radius 3 is 2.69 bits per heavy atom. The van der Waals surface area contributed by atoms with Crippen LogP contribution in [-0.2, 0) is 16.0 Å². The van der Waals surface area contributed by atoms with Crippen molar-refractivity contribution in [1.29, 1.82) is 5.41 Å². The molecule has 2 N–H and O–H groups in total. The van der Waals surface area contributed by atoms with Crippen LogP contribution in [0.2, 0.25) is 0 Å². The van der Waals surface area contributed by atoms with Gasteiger partial charge in [0.2, 0.25) is 0 Å². The quantitative estimate of drug-likeness (QED) is 0.588. The zero-order valence-electron chi connectivity index (χ0n) is 18.1. The summed E-state index contributed by atoms with van der Waals surface area (Å²) in [5.74, 6) is -0.387. The lowest BCUT2D eigenvalue weighted by Crippen LogP contribution is -2.38. The molecule has 2 aliphatic rings. The number of ether oxygens (including phenoxy) is 2. The van der Waals surface area contributed by atoms with Gasteiger partial charge in [-0.15, -0.1) is 0 Å². The third-order valence-corrected chi connectivity index (χ3v) is 6.22. The molecule has 32 heavy (non-hydrogen) atoms. The first-order chi connectivity index (χ1) is 15.5. The molecule has 0 aromatic carbocycles. The van der Waals surface area contributed by atoms with Gasteiger partial charge in [-0.05, 0) is 50.3 Å². The highest BCUT2D eigenvalue weighted by atomic mass is 16.5. The highest BCUT2D eigenvalue weighted by Crippen LogP contribution is 2.17. The summed E-state index contributed by atoms with van der Waals surface area (Å²) in [5, 5.41) is 12.0. The Hall–Kier alpha value is -3.04. The molecule has 168 valence electrons. The Bertz CT molecular complexity index is 1300. The maximum atomic E-state index is 13.3. The first kappa shape index (κ1) is 20.8. The van der Waals surface area contributed by atoms with E-state index in [4.69, 9.17) is 19.9 Å². The van der Waals surface area contributed by atoms with Crippen LogP contribution in [0.25, 0.3) is 16.7 Å². The van der Waals surface area contributed by atoms with Crippen molar-refractivity contribution in [1.82, 2.24) is 19.3 Å². The van der Waals surface area contributed by atoms with Gasteiger partial charge in [0.15, 0.2) is 0 Å². The second-order valence-electron chi connectivity index (χ2n) is 8.59. The maximum absolute atomic E-state index is 13.3. The van der Waals surface area contributed by atoms with Gasteiger partial charge < -0.3 is 19.4 Å². The SMILES string of the molecule is Cc1ccc2nc3c(cc(C(=O)NC[C@H]4CCCO4)c(=N)n3C[C@H]3CCCO3)c(=O)n2c1. The number of hydrogen-bond acceptors (Lipinski definition) is 6. The summed E-state index contributed by atoms with van der Waals surface area (Å²) >= 11 is 0. The minimum Gasteiger partial charge on any atom is -0.376 e. The molecule has 0 aliphatic carbocycles. The lowest BCUT2D eigenvalue weighted by molar-refractivity contribution is 0.0851. The van der Waals surface area contributed by atoms with E-state index in [2.05, 4.69) is 5.32 Å². The largest absolute Gasteiger partial charge is 0.376 e. The second-order valence-corrected chi connectivity index (χ2v) is 8.59. The number of nitrogens with one attached hydrogen (secondary N) is 2. The van der Waals surface area contributed by atoms with E-state index in [1.165, 1.54) is 10.5 Å². The number of hydrogen-bond donors (Lipinski definition) is 2. The van der Waals surface area contributed by atoms with Gasteiger partial charge in [-0.1, -0.05) is 6.07 Å². The van der Waals surface area contributed by atoms with Crippen molar-refractivity contribution in [3.63, 3.8) is 0 Å². The minimum atomic E-state index is -0.387. The monoisotopic (exact) mass is 437 g/mol. The van der Waals surface area contributed by atoms with Gasteiger partial charge >= 0.3 is 0 Å². The van der Waals surface area contributed by atoms with E-state index in [0.717, 1.165) is 31.2 Å². The predicted molar refractivity (Wildman–Crippen MR) is 118 cm³/mol. The first-order valence-electron chi connectivity index (χ1n) is 11.1. The van der Waals surface area contributed by atoms with E-state index in [0.29, 0.717) is 43.0 Å². The maximum Gasteiger partial charge on any atom is 0.267 e. The zero-order chi connectivity index (χ0) is 22.2. The lowest BCUT2D eigenvalue weighted by atomic mass is 10.1. The Morgan fingerprint density at radius 1 is 1.22 bits per heavy atom. The van der Waals surface area contributed by atoms with E-state index in [-0.39, 0.29) is 34.7 Å². The normalized spacial score (nSPS) is 20.9. The number of rotatable bonds is 5. The number of carbonyl (C=O) groups is 1. The summed E-state index contributed by atoms with van der Waals surface area (Å²) in [4.78, 5) is 31.1. The van der Waals surface area contributed by atoms with Crippen molar-refractivity contribution in [3.05, 3.63) is 51.4 Å². The van der Waals surface area contributed by atoms with Gasteiger partial charge in [-0.2, -0.15) is 0 Å². The number of aryl methyl sites for hydroxylation is 1. The molecular weight excluding hydrogens is 410 g/mol. The third kappa shape index (κ3) is 3.82. The summed E-state index contributed by atoms with van der Waals surface area (Å²) in [6, 6.07) is 5.18. The van der Waals surface area contributed by atoms with Crippen molar-refractivity contribution >= 4 is 22.6 Å². The van der Waals surface area contributed by atoms with Gasteiger partial charge in [0, 0.05) is 26.0 Å². The second kappa shape index (κ2) is 8.48. The van der Waals surface area contributed by atoms with Gasteiger partial charge in [-0.25, -0.2) is 4.98 Å². The van der Waals surface area contributed by atoms with Crippen LogP contribution in [0.4, 0.5) is 0 Å². The molecule has 1 amide bonds. The smallest absolute Gasteiger partial charge is 0.267 e. The van der Waals surface area contributed by atoms with Crippen molar-refractivity contribution < 1.29 is 14.3 Å². The molecule has 2 saturated heterocycles. The predicted octanol–water partition coefficient (Wildman–Crippen LogP) is 1.52. The Labute approximate surface area is 184 Å². The molecule has 9 nitrogen and oxygen atoms in total. The lowest BCUT2D eigenvalue weighted by Gasteiger charge is -2.18. The number of aromatic nitrogens is 3. The molecular formula is C23H27N5O4. The molecule has 5 rings (SSSR count). The molecule has 3 aromatic heterocycles. The van der Waals surface area contributed by atoms with Crippen LogP contribution in [-0.4, -0.2) is 51.8 Å². The molecule has 2 atom stereocenters.